The molecule has 0 spiro atoms. The molecule has 2 heterocycles. The van der Waals surface area contributed by atoms with Crippen molar-refractivity contribution in [1.82, 2.24) is 24.7 Å². The number of nitrogens with zero attached hydrogens (tertiary/aromatic N) is 4. The SMILES string of the molecule is Cc1cnc(CN(C)C(=O)CC[C@@H](C)N2CCN(C)CC2)[nH]1. The number of piperazine rings is 1. The standard InChI is InChI=1S/C16H29N5O/c1-13-11-17-15(18-13)12-20(4)16(22)6-5-14(2)21-9-7-19(3)8-10-21/h11,14H,5-10,12H2,1-4H3,(H,17,18)/t14-/m1/s1. The minimum Gasteiger partial charge on any atom is -0.345 e. The molecule has 0 bridgehead atoms. The molecule has 22 heavy (non-hydrogen) atoms. The van der Waals surface area contributed by atoms with Crippen LogP contribution in [0, 0.1) is 6.92 Å². The maximum atomic E-state index is 12.3. The molecule has 1 aromatic heterocycles. The maximum Gasteiger partial charge on any atom is 0.222 e. The summed E-state index contributed by atoms with van der Waals surface area (Å²) >= 11 is 0. The van der Waals surface area contributed by atoms with Crippen molar-refractivity contribution in [2.45, 2.75) is 39.3 Å². The van der Waals surface area contributed by atoms with E-state index in [0.29, 0.717) is 19.0 Å². The Morgan fingerprint density at radius 3 is 2.68 bits per heavy atom. The molecule has 1 aliphatic rings. The van der Waals surface area contributed by atoms with E-state index in [1.165, 1.54) is 0 Å². The van der Waals surface area contributed by atoms with Crippen LogP contribution in [0.5, 0.6) is 0 Å². The molecule has 0 aromatic carbocycles. The molecule has 6 heteroatoms. The highest BCUT2D eigenvalue weighted by molar-refractivity contribution is 5.75. The van der Waals surface area contributed by atoms with Gasteiger partial charge in [-0.3, -0.25) is 9.69 Å². The van der Waals surface area contributed by atoms with Gasteiger partial charge in [0.05, 0.1) is 6.54 Å². The van der Waals surface area contributed by atoms with E-state index in [4.69, 9.17) is 0 Å². The zero-order valence-electron chi connectivity index (χ0n) is 14.3. The smallest absolute Gasteiger partial charge is 0.222 e. The summed E-state index contributed by atoms with van der Waals surface area (Å²) in [5.74, 6) is 1.04. The van der Waals surface area contributed by atoms with Crippen molar-refractivity contribution in [1.29, 1.82) is 0 Å². The zero-order valence-corrected chi connectivity index (χ0v) is 14.3. The second-order valence-corrected chi connectivity index (χ2v) is 6.49. The van der Waals surface area contributed by atoms with Gasteiger partial charge in [0.1, 0.15) is 5.82 Å². The number of aryl methyl sites for hydroxylation is 1. The Labute approximate surface area is 133 Å². The quantitative estimate of drug-likeness (QED) is 0.855. The van der Waals surface area contributed by atoms with Crippen LogP contribution >= 0.6 is 0 Å². The average molecular weight is 307 g/mol. The summed E-state index contributed by atoms with van der Waals surface area (Å²) in [4.78, 5) is 26.3. The molecule has 2 rings (SSSR count). The molecule has 0 aliphatic carbocycles. The Balaban J connectivity index is 1.72. The number of aromatic amines is 1. The summed E-state index contributed by atoms with van der Waals surface area (Å²) in [6.45, 7) is 9.20. The number of amides is 1. The van der Waals surface area contributed by atoms with Crippen LogP contribution in [0.25, 0.3) is 0 Å². The number of aromatic nitrogens is 2. The predicted octanol–water partition coefficient (Wildman–Crippen LogP) is 1.09. The molecular formula is C16H29N5O. The van der Waals surface area contributed by atoms with E-state index in [1.54, 1.807) is 11.1 Å². The normalized spacial score (nSPS) is 18.4. The van der Waals surface area contributed by atoms with Crippen LogP contribution in [0.3, 0.4) is 0 Å². The van der Waals surface area contributed by atoms with Crippen molar-refractivity contribution >= 4 is 5.91 Å². The Morgan fingerprint density at radius 1 is 1.41 bits per heavy atom. The first-order chi connectivity index (χ1) is 10.5. The Kier molecular flexibility index (Phi) is 5.97. The van der Waals surface area contributed by atoms with Crippen LogP contribution in [0.1, 0.15) is 31.3 Å². The summed E-state index contributed by atoms with van der Waals surface area (Å²) in [6.07, 6.45) is 3.32. The summed E-state index contributed by atoms with van der Waals surface area (Å²) < 4.78 is 0. The molecule has 1 saturated heterocycles. The van der Waals surface area contributed by atoms with E-state index in [-0.39, 0.29) is 5.91 Å². The van der Waals surface area contributed by atoms with Crippen LogP contribution in [0.4, 0.5) is 0 Å². The van der Waals surface area contributed by atoms with E-state index in [9.17, 15) is 4.79 Å². The monoisotopic (exact) mass is 307 g/mol. The summed E-state index contributed by atoms with van der Waals surface area (Å²) in [6, 6.07) is 0.469. The highest BCUT2D eigenvalue weighted by Gasteiger charge is 2.20. The molecule has 0 saturated carbocycles. The second kappa shape index (κ2) is 7.74. The molecule has 1 aromatic rings. The molecule has 1 atom stereocenters. The molecule has 124 valence electrons. The Hall–Kier alpha value is -1.40. The summed E-state index contributed by atoms with van der Waals surface area (Å²) in [7, 11) is 4.01. The van der Waals surface area contributed by atoms with Gasteiger partial charge in [0.15, 0.2) is 0 Å². The molecule has 0 radical (unpaired) electrons. The van der Waals surface area contributed by atoms with Crippen LogP contribution in [-0.4, -0.2) is 76.9 Å². The minimum atomic E-state index is 0.190. The van der Waals surface area contributed by atoms with Gasteiger partial charge < -0.3 is 14.8 Å². The number of hydrogen-bond donors (Lipinski definition) is 1. The highest BCUT2D eigenvalue weighted by atomic mass is 16.2. The fourth-order valence-electron chi connectivity index (χ4n) is 2.83. The molecule has 1 aliphatic heterocycles. The molecule has 1 amide bonds. The fraction of sp³-hybridized carbons (Fsp3) is 0.750. The number of nitrogens with one attached hydrogen (secondary N) is 1. The van der Waals surface area contributed by atoms with E-state index in [0.717, 1.165) is 44.1 Å². The van der Waals surface area contributed by atoms with Crippen LogP contribution in [0.15, 0.2) is 6.20 Å². The van der Waals surface area contributed by atoms with E-state index < -0.39 is 0 Å². The van der Waals surface area contributed by atoms with Crippen molar-refractivity contribution in [2.75, 3.05) is 40.3 Å². The average Bonchev–Trinajstić information content (AvgIpc) is 2.90. The van der Waals surface area contributed by atoms with Crippen molar-refractivity contribution in [3.63, 3.8) is 0 Å². The lowest BCUT2D eigenvalue weighted by molar-refractivity contribution is -0.130. The van der Waals surface area contributed by atoms with Crippen molar-refractivity contribution < 1.29 is 4.79 Å². The minimum absolute atomic E-state index is 0.190. The van der Waals surface area contributed by atoms with E-state index >= 15 is 0 Å². The second-order valence-electron chi connectivity index (χ2n) is 6.49. The third-order valence-corrected chi connectivity index (χ3v) is 4.51. The van der Waals surface area contributed by atoms with Gasteiger partial charge in [0.2, 0.25) is 5.91 Å². The maximum absolute atomic E-state index is 12.3. The Bertz CT molecular complexity index is 479. The van der Waals surface area contributed by atoms with Crippen molar-refractivity contribution in [3.8, 4) is 0 Å². The number of carbonyl (C=O) groups excluding carboxylic acids is 1. The molecule has 0 unspecified atom stereocenters. The van der Waals surface area contributed by atoms with Gasteiger partial charge in [0.25, 0.3) is 0 Å². The van der Waals surface area contributed by atoms with Gasteiger partial charge >= 0.3 is 0 Å². The van der Waals surface area contributed by atoms with E-state index in [2.05, 4.69) is 33.7 Å². The topological polar surface area (TPSA) is 55.5 Å². The van der Waals surface area contributed by atoms with E-state index in [1.807, 2.05) is 14.0 Å². The first-order valence-corrected chi connectivity index (χ1v) is 8.12. The number of hydrogen-bond acceptors (Lipinski definition) is 4. The van der Waals surface area contributed by atoms with Crippen LogP contribution < -0.4 is 0 Å². The fourth-order valence-corrected chi connectivity index (χ4v) is 2.83. The lowest BCUT2D eigenvalue weighted by atomic mass is 10.1. The highest BCUT2D eigenvalue weighted by Crippen LogP contribution is 2.11. The molecule has 1 N–H and O–H groups in total. The van der Waals surface area contributed by atoms with Gasteiger partial charge in [-0.1, -0.05) is 0 Å². The predicted molar refractivity (Wildman–Crippen MR) is 87.6 cm³/mol. The van der Waals surface area contributed by atoms with Gasteiger partial charge in [-0.05, 0) is 27.3 Å². The van der Waals surface area contributed by atoms with Gasteiger partial charge in [0, 0.05) is 57.6 Å². The molecule has 6 nitrogen and oxygen atoms in total. The third kappa shape index (κ3) is 4.81. The largest absolute Gasteiger partial charge is 0.345 e. The Morgan fingerprint density at radius 2 is 2.09 bits per heavy atom. The number of carbonyl (C=O) groups is 1. The first-order valence-electron chi connectivity index (χ1n) is 8.12. The number of H-pyrrole nitrogens is 1. The van der Waals surface area contributed by atoms with Crippen LogP contribution in [0.2, 0.25) is 0 Å². The van der Waals surface area contributed by atoms with Crippen LogP contribution in [-0.2, 0) is 11.3 Å². The van der Waals surface area contributed by atoms with Crippen molar-refractivity contribution in [2.24, 2.45) is 0 Å². The first kappa shape index (κ1) is 17.0. The number of imidazole rings is 1. The molecular weight excluding hydrogens is 278 g/mol. The van der Waals surface area contributed by atoms with Gasteiger partial charge in [-0.25, -0.2) is 4.98 Å². The number of likely N-dealkylation sites (N-methyl/N-ethyl adjacent to an activating group) is 1. The lowest BCUT2D eigenvalue weighted by Gasteiger charge is -2.36. The van der Waals surface area contributed by atoms with Crippen molar-refractivity contribution in [3.05, 3.63) is 17.7 Å². The third-order valence-electron chi connectivity index (χ3n) is 4.51. The summed E-state index contributed by atoms with van der Waals surface area (Å²) in [5, 5.41) is 0. The number of rotatable bonds is 6. The summed E-state index contributed by atoms with van der Waals surface area (Å²) in [5.41, 5.74) is 1.03. The van der Waals surface area contributed by atoms with Gasteiger partial charge in [-0.15, -0.1) is 0 Å². The lowest BCUT2D eigenvalue weighted by Crippen LogP contribution is -2.48. The van der Waals surface area contributed by atoms with Gasteiger partial charge in [-0.2, -0.15) is 0 Å². The molecule has 1 fully saturated rings. The zero-order chi connectivity index (χ0) is 16.1.